The van der Waals surface area contributed by atoms with Crippen molar-refractivity contribution in [3.63, 3.8) is 0 Å². The summed E-state index contributed by atoms with van der Waals surface area (Å²) >= 11 is 0. The number of rotatable bonds is 11. The van der Waals surface area contributed by atoms with Crippen LogP contribution in [0.5, 0.6) is 0 Å². The van der Waals surface area contributed by atoms with Gasteiger partial charge in [-0.05, 0) is 24.6 Å². The van der Waals surface area contributed by atoms with Crippen LogP contribution in [0.3, 0.4) is 0 Å². The highest BCUT2D eigenvalue weighted by Crippen LogP contribution is 2.17. The van der Waals surface area contributed by atoms with Crippen molar-refractivity contribution in [3.05, 3.63) is 65.7 Å². The summed E-state index contributed by atoms with van der Waals surface area (Å²) in [5.41, 5.74) is 1.85. The van der Waals surface area contributed by atoms with Gasteiger partial charge >= 0.3 is 0 Å². The standard InChI is InChI=1S/C20H27NO6S/c1-16-7-9-20(10-8-16)28(25,26)21(11-18(23)13-22)12-19(24)15-27-14-17-5-3-2-4-6-17/h2-10,18-19,22-24H,11-15H2,1H3/t18-,19+/m0/s1. The minimum atomic E-state index is -3.95. The number of sulfonamides is 1. The quantitative estimate of drug-likeness (QED) is 0.509. The summed E-state index contributed by atoms with van der Waals surface area (Å²) in [5.74, 6) is 0. The molecule has 0 heterocycles. The van der Waals surface area contributed by atoms with E-state index in [1.807, 2.05) is 37.3 Å². The Balaban J connectivity index is 2.04. The third-order valence-corrected chi connectivity index (χ3v) is 5.97. The van der Waals surface area contributed by atoms with E-state index in [4.69, 9.17) is 9.84 Å². The van der Waals surface area contributed by atoms with E-state index in [0.29, 0.717) is 6.61 Å². The molecule has 0 spiro atoms. The van der Waals surface area contributed by atoms with E-state index in [0.717, 1.165) is 15.4 Å². The second-order valence-corrected chi connectivity index (χ2v) is 8.56. The first kappa shape index (κ1) is 22.5. The second kappa shape index (κ2) is 10.7. The fourth-order valence-corrected chi connectivity index (χ4v) is 4.11. The summed E-state index contributed by atoms with van der Waals surface area (Å²) < 4.78 is 32.2. The number of benzene rings is 2. The van der Waals surface area contributed by atoms with Crippen LogP contribution in [-0.4, -0.2) is 66.6 Å². The van der Waals surface area contributed by atoms with E-state index in [2.05, 4.69) is 0 Å². The smallest absolute Gasteiger partial charge is 0.243 e. The lowest BCUT2D eigenvalue weighted by Crippen LogP contribution is -2.44. The van der Waals surface area contributed by atoms with Crippen LogP contribution in [0.4, 0.5) is 0 Å². The number of hydrogen-bond acceptors (Lipinski definition) is 6. The van der Waals surface area contributed by atoms with Gasteiger partial charge in [0.2, 0.25) is 10.0 Å². The number of aliphatic hydroxyl groups excluding tert-OH is 3. The second-order valence-electron chi connectivity index (χ2n) is 6.63. The van der Waals surface area contributed by atoms with Crippen molar-refractivity contribution in [2.75, 3.05) is 26.3 Å². The Morgan fingerprint density at radius 3 is 2.18 bits per heavy atom. The molecule has 0 fully saturated rings. The predicted molar refractivity (Wildman–Crippen MR) is 105 cm³/mol. The Hall–Kier alpha value is -1.81. The highest BCUT2D eigenvalue weighted by atomic mass is 32.2. The van der Waals surface area contributed by atoms with Crippen molar-refractivity contribution in [2.24, 2.45) is 0 Å². The molecule has 0 aliphatic rings. The fourth-order valence-electron chi connectivity index (χ4n) is 2.60. The minimum absolute atomic E-state index is 0.0562. The zero-order chi connectivity index (χ0) is 20.6. The molecule has 0 amide bonds. The Morgan fingerprint density at radius 2 is 1.57 bits per heavy atom. The molecule has 0 bridgehead atoms. The summed E-state index contributed by atoms with van der Waals surface area (Å²) in [6, 6.07) is 15.7. The molecule has 0 aliphatic heterocycles. The van der Waals surface area contributed by atoms with Gasteiger partial charge in [-0.1, -0.05) is 48.0 Å². The molecule has 2 atom stereocenters. The van der Waals surface area contributed by atoms with Gasteiger partial charge < -0.3 is 20.1 Å². The van der Waals surface area contributed by atoms with Crippen LogP contribution in [0.15, 0.2) is 59.5 Å². The topological polar surface area (TPSA) is 107 Å². The molecule has 3 N–H and O–H groups in total. The van der Waals surface area contributed by atoms with E-state index < -0.39 is 28.8 Å². The van der Waals surface area contributed by atoms with Crippen molar-refractivity contribution in [1.29, 1.82) is 0 Å². The van der Waals surface area contributed by atoms with Crippen LogP contribution in [0, 0.1) is 6.92 Å². The van der Waals surface area contributed by atoms with Crippen molar-refractivity contribution in [3.8, 4) is 0 Å². The lowest BCUT2D eigenvalue weighted by atomic mass is 10.2. The van der Waals surface area contributed by atoms with Crippen molar-refractivity contribution in [2.45, 2.75) is 30.6 Å². The molecule has 8 heteroatoms. The molecular weight excluding hydrogens is 382 g/mol. The van der Waals surface area contributed by atoms with E-state index in [9.17, 15) is 18.6 Å². The Labute approximate surface area is 165 Å². The predicted octanol–water partition coefficient (Wildman–Crippen LogP) is 0.917. The Kier molecular flexibility index (Phi) is 8.56. The van der Waals surface area contributed by atoms with Gasteiger partial charge in [0.1, 0.15) is 0 Å². The van der Waals surface area contributed by atoms with Crippen LogP contribution < -0.4 is 0 Å². The molecule has 0 saturated carbocycles. The van der Waals surface area contributed by atoms with Gasteiger partial charge in [-0.3, -0.25) is 0 Å². The summed E-state index contributed by atoms with van der Waals surface area (Å²) in [4.78, 5) is 0.0562. The minimum Gasteiger partial charge on any atom is -0.394 e. The van der Waals surface area contributed by atoms with Gasteiger partial charge in [0.25, 0.3) is 0 Å². The average molecular weight is 410 g/mol. The van der Waals surface area contributed by atoms with Gasteiger partial charge in [0.05, 0.1) is 36.9 Å². The number of ether oxygens (including phenoxy) is 1. The summed E-state index contributed by atoms with van der Waals surface area (Å²) in [6.45, 7) is 0.897. The molecule has 7 nitrogen and oxygen atoms in total. The normalized spacial score (nSPS) is 14.2. The first-order chi connectivity index (χ1) is 13.3. The molecule has 0 unspecified atom stereocenters. The average Bonchev–Trinajstić information content (AvgIpc) is 2.68. The van der Waals surface area contributed by atoms with Crippen LogP contribution in [0.2, 0.25) is 0 Å². The maximum absolute atomic E-state index is 12.9. The Morgan fingerprint density at radius 1 is 0.964 bits per heavy atom. The fraction of sp³-hybridized carbons (Fsp3) is 0.400. The third-order valence-electron chi connectivity index (χ3n) is 4.12. The SMILES string of the molecule is Cc1ccc(S(=O)(=O)N(C[C@H](O)CO)C[C@@H](O)COCc2ccccc2)cc1. The molecule has 0 radical (unpaired) electrons. The molecule has 2 rings (SSSR count). The maximum Gasteiger partial charge on any atom is 0.243 e. The largest absolute Gasteiger partial charge is 0.394 e. The van der Waals surface area contributed by atoms with Crippen LogP contribution in [0.25, 0.3) is 0 Å². The van der Waals surface area contributed by atoms with E-state index >= 15 is 0 Å². The third kappa shape index (κ3) is 6.66. The maximum atomic E-state index is 12.9. The van der Waals surface area contributed by atoms with Gasteiger partial charge in [-0.15, -0.1) is 0 Å². The summed E-state index contributed by atoms with van der Waals surface area (Å²) in [6.07, 6.45) is -2.34. The highest BCUT2D eigenvalue weighted by molar-refractivity contribution is 7.89. The first-order valence-electron chi connectivity index (χ1n) is 8.98. The molecule has 28 heavy (non-hydrogen) atoms. The zero-order valence-electron chi connectivity index (χ0n) is 15.8. The van der Waals surface area contributed by atoms with E-state index in [1.165, 1.54) is 12.1 Å². The monoisotopic (exact) mass is 409 g/mol. The van der Waals surface area contributed by atoms with Crippen LogP contribution in [0.1, 0.15) is 11.1 Å². The first-order valence-corrected chi connectivity index (χ1v) is 10.4. The van der Waals surface area contributed by atoms with Crippen LogP contribution >= 0.6 is 0 Å². The molecule has 154 valence electrons. The number of hydrogen-bond donors (Lipinski definition) is 3. The van der Waals surface area contributed by atoms with E-state index in [1.54, 1.807) is 12.1 Å². The van der Waals surface area contributed by atoms with Gasteiger partial charge in [0, 0.05) is 13.1 Å². The lowest BCUT2D eigenvalue weighted by molar-refractivity contribution is 0.0125. The summed E-state index contributed by atoms with van der Waals surface area (Å²) in [5, 5.41) is 29.1. The molecule has 0 saturated heterocycles. The lowest BCUT2D eigenvalue weighted by Gasteiger charge is -2.26. The highest BCUT2D eigenvalue weighted by Gasteiger charge is 2.28. The van der Waals surface area contributed by atoms with Gasteiger partial charge in [-0.25, -0.2) is 8.42 Å². The van der Waals surface area contributed by atoms with Crippen molar-refractivity contribution >= 4 is 10.0 Å². The van der Waals surface area contributed by atoms with E-state index in [-0.39, 0.29) is 24.6 Å². The number of nitrogens with zero attached hydrogens (tertiary/aromatic N) is 1. The summed E-state index contributed by atoms with van der Waals surface area (Å²) in [7, 11) is -3.95. The Bertz CT molecular complexity index is 810. The number of aryl methyl sites for hydroxylation is 1. The molecule has 0 aromatic heterocycles. The molecule has 0 aliphatic carbocycles. The van der Waals surface area contributed by atoms with Crippen molar-refractivity contribution < 1.29 is 28.5 Å². The molecule has 2 aromatic carbocycles. The van der Waals surface area contributed by atoms with Crippen LogP contribution in [-0.2, 0) is 21.4 Å². The number of aliphatic hydroxyl groups is 3. The van der Waals surface area contributed by atoms with Gasteiger partial charge in [0.15, 0.2) is 0 Å². The molecular formula is C20H27NO6S. The zero-order valence-corrected chi connectivity index (χ0v) is 16.6. The van der Waals surface area contributed by atoms with Gasteiger partial charge in [-0.2, -0.15) is 4.31 Å². The molecule has 2 aromatic rings. The van der Waals surface area contributed by atoms with Crippen molar-refractivity contribution in [1.82, 2.24) is 4.31 Å².